The first-order valence-corrected chi connectivity index (χ1v) is 7.65. The molecule has 1 heterocycles. The SMILES string of the molecule is Cc1cc(NC(=O)C(F)(F)F)cc2nc(-c3ccc(Cl)cc3Cl)oc12. The smallest absolute Gasteiger partial charge is 0.436 e. The van der Waals surface area contributed by atoms with Crippen LogP contribution < -0.4 is 5.32 Å². The summed E-state index contributed by atoms with van der Waals surface area (Å²) in [5.41, 5.74) is 1.64. The number of hydrogen-bond donors (Lipinski definition) is 1. The summed E-state index contributed by atoms with van der Waals surface area (Å²) in [6.45, 7) is 1.63. The van der Waals surface area contributed by atoms with E-state index >= 15 is 0 Å². The summed E-state index contributed by atoms with van der Waals surface area (Å²) in [6, 6.07) is 7.42. The van der Waals surface area contributed by atoms with Crippen molar-refractivity contribution in [2.24, 2.45) is 0 Å². The first-order chi connectivity index (χ1) is 11.6. The number of aromatic nitrogens is 1. The molecule has 0 atom stereocenters. The number of benzene rings is 2. The molecule has 0 aliphatic carbocycles. The maximum Gasteiger partial charge on any atom is 0.471 e. The van der Waals surface area contributed by atoms with Crippen molar-refractivity contribution in [3.8, 4) is 11.5 Å². The highest BCUT2D eigenvalue weighted by atomic mass is 35.5. The fraction of sp³-hybridized carbons (Fsp3) is 0.125. The second-order valence-corrected chi connectivity index (χ2v) is 6.08. The second kappa shape index (κ2) is 6.24. The predicted molar refractivity (Wildman–Crippen MR) is 88.9 cm³/mol. The quantitative estimate of drug-likeness (QED) is 0.620. The van der Waals surface area contributed by atoms with Crippen molar-refractivity contribution >= 4 is 45.9 Å². The Morgan fingerprint density at radius 3 is 2.56 bits per heavy atom. The van der Waals surface area contributed by atoms with E-state index in [4.69, 9.17) is 27.6 Å². The van der Waals surface area contributed by atoms with E-state index in [1.165, 1.54) is 18.2 Å². The minimum Gasteiger partial charge on any atom is -0.436 e. The maximum atomic E-state index is 12.4. The number of amides is 1. The summed E-state index contributed by atoms with van der Waals surface area (Å²) < 4.78 is 42.8. The van der Waals surface area contributed by atoms with Crippen LogP contribution in [0, 0.1) is 6.92 Å². The Bertz CT molecular complexity index is 983. The van der Waals surface area contributed by atoms with E-state index in [2.05, 4.69) is 4.98 Å². The highest BCUT2D eigenvalue weighted by Crippen LogP contribution is 2.34. The molecule has 1 aromatic heterocycles. The number of halogens is 5. The summed E-state index contributed by atoms with van der Waals surface area (Å²) in [4.78, 5) is 15.3. The standard InChI is InChI=1S/C16H9Cl2F3N2O2/c1-7-4-9(22-15(24)16(19,20)21)6-12-13(7)25-14(23-12)10-3-2-8(17)5-11(10)18/h2-6H,1H3,(H,22,24). The predicted octanol–water partition coefficient (Wildman–Crippen LogP) is 5.61. The molecule has 0 spiro atoms. The Hall–Kier alpha value is -2.25. The molecule has 0 aliphatic heterocycles. The molecule has 0 saturated carbocycles. The van der Waals surface area contributed by atoms with Crippen LogP contribution in [-0.2, 0) is 4.79 Å². The van der Waals surface area contributed by atoms with Crippen LogP contribution in [-0.4, -0.2) is 17.1 Å². The molecule has 0 fully saturated rings. The number of hydrogen-bond acceptors (Lipinski definition) is 3. The summed E-state index contributed by atoms with van der Waals surface area (Å²) >= 11 is 12.0. The zero-order valence-corrected chi connectivity index (χ0v) is 14.1. The van der Waals surface area contributed by atoms with Crippen molar-refractivity contribution in [3.05, 3.63) is 45.9 Å². The highest BCUT2D eigenvalue weighted by molar-refractivity contribution is 6.36. The van der Waals surface area contributed by atoms with E-state index in [1.54, 1.807) is 24.4 Å². The van der Waals surface area contributed by atoms with Crippen LogP contribution in [0.25, 0.3) is 22.6 Å². The third kappa shape index (κ3) is 3.57. The van der Waals surface area contributed by atoms with Gasteiger partial charge in [-0.3, -0.25) is 4.79 Å². The van der Waals surface area contributed by atoms with Gasteiger partial charge in [-0.1, -0.05) is 23.2 Å². The molecule has 1 amide bonds. The second-order valence-electron chi connectivity index (χ2n) is 5.24. The molecule has 3 rings (SSSR count). The number of nitrogens with zero attached hydrogens (tertiary/aromatic N) is 1. The van der Waals surface area contributed by atoms with Crippen LogP contribution in [0.1, 0.15) is 5.56 Å². The largest absolute Gasteiger partial charge is 0.471 e. The van der Waals surface area contributed by atoms with E-state index in [9.17, 15) is 18.0 Å². The van der Waals surface area contributed by atoms with Gasteiger partial charge in [-0.25, -0.2) is 4.98 Å². The van der Waals surface area contributed by atoms with Gasteiger partial charge in [0.15, 0.2) is 5.58 Å². The van der Waals surface area contributed by atoms with Gasteiger partial charge in [0, 0.05) is 10.7 Å². The Balaban J connectivity index is 2.03. The summed E-state index contributed by atoms with van der Waals surface area (Å²) in [6.07, 6.45) is -4.98. The van der Waals surface area contributed by atoms with E-state index < -0.39 is 12.1 Å². The monoisotopic (exact) mass is 388 g/mol. The molecule has 0 bridgehead atoms. The third-order valence-corrected chi connectivity index (χ3v) is 3.90. The lowest BCUT2D eigenvalue weighted by Gasteiger charge is -2.08. The Morgan fingerprint density at radius 2 is 1.92 bits per heavy atom. The summed E-state index contributed by atoms with van der Waals surface area (Å²) in [5, 5.41) is 2.56. The molecular weight excluding hydrogens is 380 g/mol. The van der Waals surface area contributed by atoms with Crippen molar-refractivity contribution in [1.29, 1.82) is 0 Å². The van der Waals surface area contributed by atoms with Gasteiger partial charge in [0.2, 0.25) is 5.89 Å². The molecule has 0 saturated heterocycles. The molecule has 25 heavy (non-hydrogen) atoms. The first kappa shape index (κ1) is 17.6. The first-order valence-electron chi connectivity index (χ1n) is 6.90. The van der Waals surface area contributed by atoms with Crippen molar-refractivity contribution in [2.45, 2.75) is 13.1 Å². The Labute approximate surface area is 149 Å². The summed E-state index contributed by atoms with van der Waals surface area (Å²) in [5.74, 6) is -1.87. The molecule has 130 valence electrons. The minimum atomic E-state index is -4.98. The van der Waals surface area contributed by atoms with Crippen molar-refractivity contribution in [2.75, 3.05) is 5.32 Å². The van der Waals surface area contributed by atoms with E-state index in [-0.39, 0.29) is 11.6 Å². The van der Waals surface area contributed by atoms with Crippen LogP contribution in [0.15, 0.2) is 34.7 Å². The molecule has 2 aromatic carbocycles. The van der Waals surface area contributed by atoms with Crippen molar-refractivity contribution in [3.63, 3.8) is 0 Å². The average Bonchev–Trinajstić information content (AvgIpc) is 2.90. The van der Waals surface area contributed by atoms with Crippen molar-refractivity contribution in [1.82, 2.24) is 4.98 Å². The molecule has 3 aromatic rings. The topological polar surface area (TPSA) is 55.1 Å². The van der Waals surface area contributed by atoms with Gasteiger partial charge in [0.05, 0.1) is 10.6 Å². The third-order valence-electron chi connectivity index (χ3n) is 3.35. The van der Waals surface area contributed by atoms with Crippen LogP contribution >= 0.6 is 23.2 Å². The molecule has 0 aliphatic rings. The zero-order valence-electron chi connectivity index (χ0n) is 12.5. The molecule has 0 unspecified atom stereocenters. The lowest BCUT2D eigenvalue weighted by Crippen LogP contribution is -2.29. The van der Waals surface area contributed by atoms with Crippen molar-refractivity contribution < 1.29 is 22.4 Å². The molecule has 0 radical (unpaired) electrons. The number of fused-ring (bicyclic) bond motifs is 1. The normalized spacial score (nSPS) is 11.8. The molecule has 1 N–H and O–H groups in total. The molecule has 9 heteroatoms. The van der Waals surface area contributed by atoms with Crippen LogP contribution in [0.5, 0.6) is 0 Å². The van der Waals surface area contributed by atoms with Gasteiger partial charge in [-0.2, -0.15) is 13.2 Å². The number of anilines is 1. The molecular formula is C16H9Cl2F3N2O2. The van der Waals surface area contributed by atoms with Gasteiger partial charge in [0.1, 0.15) is 5.52 Å². The highest BCUT2D eigenvalue weighted by Gasteiger charge is 2.38. The van der Waals surface area contributed by atoms with Crippen LogP contribution in [0.4, 0.5) is 18.9 Å². The zero-order chi connectivity index (χ0) is 18.4. The minimum absolute atomic E-state index is 0.0330. The van der Waals surface area contributed by atoms with Gasteiger partial charge in [-0.15, -0.1) is 0 Å². The average molecular weight is 389 g/mol. The number of carbonyl (C=O) groups is 1. The Morgan fingerprint density at radius 1 is 1.20 bits per heavy atom. The number of rotatable bonds is 2. The van der Waals surface area contributed by atoms with E-state index in [0.29, 0.717) is 32.3 Å². The number of aryl methyl sites for hydroxylation is 1. The number of oxazole rings is 1. The van der Waals surface area contributed by atoms with Crippen LogP contribution in [0.2, 0.25) is 10.0 Å². The Kier molecular flexibility index (Phi) is 4.38. The fourth-order valence-electron chi connectivity index (χ4n) is 2.25. The number of alkyl halides is 3. The lowest BCUT2D eigenvalue weighted by molar-refractivity contribution is -0.167. The summed E-state index contributed by atoms with van der Waals surface area (Å²) in [7, 11) is 0. The van der Waals surface area contributed by atoms with Gasteiger partial charge < -0.3 is 9.73 Å². The van der Waals surface area contributed by atoms with Crippen LogP contribution in [0.3, 0.4) is 0 Å². The van der Waals surface area contributed by atoms with Gasteiger partial charge in [-0.05, 0) is 42.8 Å². The van der Waals surface area contributed by atoms with E-state index in [1.807, 2.05) is 0 Å². The van der Waals surface area contributed by atoms with Gasteiger partial charge >= 0.3 is 12.1 Å². The number of nitrogens with one attached hydrogen (secondary N) is 1. The number of carbonyl (C=O) groups excluding carboxylic acids is 1. The lowest BCUT2D eigenvalue weighted by atomic mass is 10.2. The molecule has 4 nitrogen and oxygen atoms in total. The fourth-order valence-corrected chi connectivity index (χ4v) is 2.74. The van der Waals surface area contributed by atoms with E-state index in [0.717, 1.165) is 0 Å². The maximum absolute atomic E-state index is 12.4. The van der Waals surface area contributed by atoms with Gasteiger partial charge in [0.25, 0.3) is 0 Å².